The molecule has 0 saturated carbocycles. The lowest BCUT2D eigenvalue weighted by Gasteiger charge is -2.02. The van der Waals surface area contributed by atoms with Crippen LogP contribution < -0.4 is 0 Å². The van der Waals surface area contributed by atoms with Crippen molar-refractivity contribution in [3.63, 3.8) is 0 Å². The number of aryl methyl sites for hydroxylation is 1. The number of rotatable bonds is 4. The van der Waals surface area contributed by atoms with Gasteiger partial charge in [0, 0.05) is 5.28 Å². The molecule has 0 heterocycles. The Labute approximate surface area is 116 Å². The number of hydrogen-bond donors (Lipinski definition) is 1. The highest BCUT2D eigenvalue weighted by molar-refractivity contribution is 5.89. The maximum atomic E-state index is 11.6. The molecule has 0 aliphatic heterocycles. The first-order valence-electron chi connectivity index (χ1n) is 6.20. The monoisotopic (exact) mass is 270 g/mol. The van der Waals surface area contributed by atoms with Crippen LogP contribution in [0, 0.1) is 0 Å². The largest absolute Gasteiger partial charge is 0.508 e. The summed E-state index contributed by atoms with van der Waals surface area (Å²) in [6.45, 7) is 1.93. The number of hydrogen-bond acceptors (Lipinski definition) is 5. The van der Waals surface area contributed by atoms with Crippen LogP contribution in [-0.4, -0.2) is 11.1 Å². The van der Waals surface area contributed by atoms with Gasteiger partial charge in [0.05, 0.1) is 11.3 Å². The first kappa shape index (κ1) is 13.7. The van der Waals surface area contributed by atoms with Crippen LogP contribution in [0.4, 0.5) is 5.69 Å². The van der Waals surface area contributed by atoms with E-state index in [1.807, 2.05) is 13.0 Å². The van der Waals surface area contributed by atoms with E-state index in [9.17, 15) is 9.90 Å². The smallest absolute Gasteiger partial charge is 0.367 e. The Balaban J connectivity index is 2.05. The van der Waals surface area contributed by atoms with Crippen molar-refractivity contribution in [2.24, 2.45) is 10.4 Å². The number of aromatic hydroxyl groups is 1. The van der Waals surface area contributed by atoms with Gasteiger partial charge in [-0.1, -0.05) is 25.1 Å². The van der Waals surface area contributed by atoms with E-state index in [0.29, 0.717) is 17.7 Å². The van der Waals surface area contributed by atoms with Gasteiger partial charge in [0.2, 0.25) is 0 Å². The second kappa shape index (κ2) is 6.47. The van der Waals surface area contributed by atoms with Crippen LogP contribution in [0.15, 0.2) is 58.9 Å². The van der Waals surface area contributed by atoms with Crippen LogP contribution in [-0.2, 0) is 11.3 Å². The van der Waals surface area contributed by atoms with Crippen LogP contribution in [0.3, 0.4) is 0 Å². The fourth-order valence-electron chi connectivity index (χ4n) is 1.68. The molecule has 0 saturated heterocycles. The fourth-order valence-corrected chi connectivity index (χ4v) is 1.68. The number of carbonyl (C=O) groups is 1. The van der Waals surface area contributed by atoms with Crippen LogP contribution in [0.2, 0.25) is 0 Å². The van der Waals surface area contributed by atoms with E-state index in [2.05, 4.69) is 10.4 Å². The van der Waals surface area contributed by atoms with Crippen molar-refractivity contribution in [1.82, 2.24) is 0 Å². The van der Waals surface area contributed by atoms with Gasteiger partial charge in [-0.15, -0.1) is 5.11 Å². The minimum atomic E-state index is -0.564. The summed E-state index contributed by atoms with van der Waals surface area (Å²) >= 11 is 0. The third kappa shape index (κ3) is 3.41. The van der Waals surface area contributed by atoms with Gasteiger partial charge in [-0.3, -0.25) is 4.84 Å². The van der Waals surface area contributed by atoms with Crippen LogP contribution >= 0.6 is 0 Å². The predicted octanol–water partition coefficient (Wildman–Crippen LogP) is 3.81. The second-order valence-electron chi connectivity index (χ2n) is 4.09. The van der Waals surface area contributed by atoms with E-state index in [4.69, 9.17) is 4.84 Å². The second-order valence-corrected chi connectivity index (χ2v) is 4.09. The Morgan fingerprint density at radius 2 is 1.95 bits per heavy atom. The van der Waals surface area contributed by atoms with Crippen molar-refractivity contribution in [3.8, 4) is 5.75 Å². The lowest BCUT2D eigenvalue weighted by Crippen LogP contribution is -1.99. The number of nitrogens with zero attached hydrogens (tertiary/aromatic N) is 2. The highest BCUT2D eigenvalue weighted by Crippen LogP contribution is 2.24. The first-order valence-corrected chi connectivity index (χ1v) is 6.20. The highest BCUT2D eigenvalue weighted by atomic mass is 16.7. The van der Waals surface area contributed by atoms with Crippen molar-refractivity contribution in [2.75, 3.05) is 0 Å². The molecule has 0 spiro atoms. The molecule has 0 aromatic heterocycles. The third-order valence-electron chi connectivity index (χ3n) is 2.73. The van der Waals surface area contributed by atoms with Crippen molar-refractivity contribution in [3.05, 3.63) is 59.7 Å². The fraction of sp³-hybridized carbons (Fsp3) is 0.133. The molecule has 0 aliphatic carbocycles. The average Bonchev–Trinajstić information content (AvgIpc) is 2.49. The Hall–Kier alpha value is -2.69. The Morgan fingerprint density at radius 1 is 1.20 bits per heavy atom. The molecule has 5 heteroatoms. The zero-order valence-corrected chi connectivity index (χ0v) is 11.0. The molecule has 1 N–H and O–H groups in total. The summed E-state index contributed by atoms with van der Waals surface area (Å²) in [5.74, 6) is -0.395. The molecule has 5 nitrogen and oxygen atoms in total. The maximum absolute atomic E-state index is 11.6. The van der Waals surface area contributed by atoms with Gasteiger partial charge in [-0.25, -0.2) is 4.79 Å². The SMILES string of the molecule is CCc1cc(O)ccc1N=NOC(=O)c1ccccc1. The van der Waals surface area contributed by atoms with Crippen molar-refractivity contribution in [1.29, 1.82) is 0 Å². The molecule has 0 bridgehead atoms. The number of phenolic OH excluding ortho intramolecular Hbond substituents is 1. The van der Waals surface area contributed by atoms with Gasteiger partial charge in [0.15, 0.2) is 0 Å². The van der Waals surface area contributed by atoms with E-state index >= 15 is 0 Å². The van der Waals surface area contributed by atoms with Gasteiger partial charge in [-0.2, -0.15) is 0 Å². The van der Waals surface area contributed by atoms with E-state index in [0.717, 1.165) is 5.56 Å². The maximum Gasteiger partial charge on any atom is 0.367 e. The predicted molar refractivity (Wildman–Crippen MR) is 73.9 cm³/mol. The number of carbonyl (C=O) groups excluding carboxylic acids is 1. The molecule has 0 fully saturated rings. The molecule has 0 amide bonds. The van der Waals surface area contributed by atoms with Crippen molar-refractivity contribution < 1.29 is 14.7 Å². The summed E-state index contributed by atoms with van der Waals surface area (Å²) in [6, 6.07) is 13.3. The Morgan fingerprint density at radius 3 is 2.65 bits per heavy atom. The summed E-state index contributed by atoms with van der Waals surface area (Å²) < 4.78 is 0. The molecule has 0 atom stereocenters. The summed E-state index contributed by atoms with van der Waals surface area (Å²) in [6.07, 6.45) is 0.690. The summed E-state index contributed by atoms with van der Waals surface area (Å²) in [5.41, 5.74) is 1.79. The Bertz CT molecular complexity index is 624. The first-order chi connectivity index (χ1) is 9.70. The molecule has 2 aromatic rings. The molecule has 2 aromatic carbocycles. The molecular formula is C15H14N2O3. The van der Waals surface area contributed by atoms with Gasteiger partial charge in [0.25, 0.3) is 0 Å². The standard InChI is InChI=1S/C15H14N2O3/c1-2-11-10-13(18)8-9-14(11)16-17-20-15(19)12-6-4-3-5-7-12/h3-10,18H,2H2,1H3. The molecular weight excluding hydrogens is 256 g/mol. The van der Waals surface area contributed by atoms with Crippen LogP contribution in [0.5, 0.6) is 5.75 Å². The quantitative estimate of drug-likeness (QED) is 0.678. The van der Waals surface area contributed by atoms with Crippen molar-refractivity contribution in [2.45, 2.75) is 13.3 Å². The normalized spacial score (nSPS) is 10.7. The summed E-state index contributed by atoms with van der Waals surface area (Å²) in [5, 5.41) is 16.7. The third-order valence-corrected chi connectivity index (χ3v) is 2.73. The van der Waals surface area contributed by atoms with Crippen molar-refractivity contribution >= 4 is 11.7 Å². The average molecular weight is 270 g/mol. The zero-order valence-electron chi connectivity index (χ0n) is 11.0. The molecule has 0 unspecified atom stereocenters. The van der Waals surface area contributed by atoms with Crippen LogP contribution in [0.1, 0.15) is 22.8 Å². The minimum Gasteiger partial charge on any atom is -0.508 e. The van der Waals surface area contributed by atoms with Gasteiger partial charge < -0.3 is 5.11 Å². The molecule has 102 valence electrons. The van der Waals surface area contributed by atoms with E-state index in [1.54, 1.807) is 36.4 Å². The van der Waals surface area contributed by atoms with Gasteiger partial charge in [-0.05, 0) is 42.3 Å². The Kier molecular flexibility index (Phi) is 4.44. The molecule has 0 aliphatic rings. The summed E-state index contributed by atoms with van der Waals surface area (Å²) in [7, 11) is 0. The van der Waals surface area contributed by atoms with Gasteiger partial charge in [0.1, 0.15) is 5.75 Å². The molecule has 2 rings (SSSR count). The van der Waals surface area contributed by atoms with E-state index in [-0.39, 0.29) is 5.75 Å². The molecule has 0 radical (unpaired) electrons. The number of phenols is 1. The van der Waals surface area contributed by atoms with Gasteiger partial charge >= 0.3 is 5.97 Å². The lowest BCUT2D eigenvalue weighted by atomic mass is 10.1. The molecule has 20 heavy (non-hydrogen) atoms. The minimum absolute atomic E-state index is 0.169. The van der Waals surface area contributed by atoms with E-state index in [1.165, 1.54) is 6.07 Å². The highest BCUT2D eigenvalue weighted by Gasteiger charge is 2.06. The topological polar surface area (TPSA) is 71.2 Å². The zero-order chi connectivity index (χ0) is 14.4. The van der Waals surface area contributed by atoms with E-state index < -0.39 is 5.97 Å². The lowest BCUT2D eigenvalue weighted by molar-refractivity contribution is 0.0483. The van der Waals surface area contributed by atoms with Crippen LogP contribution in [0.25, 0.3) is 0 Å². The summed E-state index contributed by atoms with van der Waals surface area (Å²) in [4.78, 5) is 16.3. The number of benzene rings is 2.